The zero-order valence-electron chi connectivity index (χ0n) is 22.7. The van der Waals surface area contributed by atoms with Crippen LogP contribution >= 0.6 is 0 Å². The summed E-state index contributed by atoms with van der Waals surface area (Å²) in [6.07, 6.45) is -0.719. The average Bonchev–Trinajstić information content (AvgIpc) is 3.24. The van der Waals surface area contributed by atoms with E-state index in [0.29, 0.717) is 0 Å². The van der Waals surface area contributed by atoms with Crippen molar-refractivity contribution in [3.05, 3.63) is 126 Å². The van der Waals surface area contributed by atoms with Crippen molar-refractivity contribution in [2.45, 2.75) is 50.7 Å². The minimum absolute atomic E-state index is 0.0173. The molecule has 1 fully saturated rings. The molecule has 1 aromatic heterocycles. The molecule has 1 N–H and O–H groups in total. The Morgan fingerprint density at radius 2 is 1.55 bits per heavy atom. The fourth-order valence-corrected chi connectivity index (χ4v) is 5.11. The molecule has 3 atom stereocenters. The molecule has 3 aromatic carbocycles. The van der Waals surface area contributed by atoms with Gasteiger partial charge < -0.3 is 14.6 Å². The first-order valence-corrected chi connectivity index (χ1v) is 13.2. The van der Waals surface area contributed by atoms with Crippen molar-refractivity contribution in [2.24, 2.45) is 0 Å². The van der Waals surface area contributed by atoms with E-state index in [4.69, 9.17) is 9.47 Å². The van der Waals surface area contributed by atoms with Crippen LogP contribution in [0.3, 0.4) is 0 Å². The quantitative estimate of drug-likeness (QED) is 0.286. The number of imide groups is 1. The molecule has 0 bridgehead atoms. The van der Waals surface area contributed by atoms with Crippen LogP contribution in [0.15, 0.2) is 109 Å². The van der Waals surface area contributed by atoms with Gasteiger partial charge in [-0.25, -0.2) is 9.69 Å². The summed E-state index contributed by atoms with van der Waals surface area (Å²) in [5.74, 6) is -0.712. The molecule has 7 nitrogen and oxygen atoms in total. The molecule has 0 unspecified atom stereocenters. The number of aliphatic hydroxyl groups excluding tert-OH is 1. The summed E-state index contributed by atoms with van der Waals surface area (Å²) in [6, 6.07) is 31.4. The fraction of sp³-hybridized carbons (Fsp3) is 0.242. The van der Waals surface area contributed by atoms with Gasteiger partial charge in [0.2, 0.25) is 0 Å². The van der Waals surface area contributed by atoms with E-state index in [1.807, 2.05) is 84.9 Å². The Morgan fingerprint density at radius 3 is 2.17 bits per heavy atom. The minimum atomic E-state index is -1.86. The third kappa shape index (κ3) is 5.26. The zero-order valence-corrected chi connectivity index (χ0v) is 22.7. The Morgan fingerprint density at radius 1 is 0.950 bits per heavy atom. The smallest absolute Gasteiger partial charge is 0.417 e. The van der Waals surface area contributed by atoms with Crippen molar-refractivity contribution in [3.63, 3.8) is 0 Å². The van der Waals surface area contributed by atoms with E-state index in [0.717, 1.165) is 27.2 Å². The van der Waals surface area contributed by atoms with Gasteiger partial charge in [-0.3, -0.25) is 9.78 Å². The molecule has 0 spiro atoms. The largest absolute Gasteiger partial charge is 0.440 e. The maximum atomic E-state index is 14.3. The Balaban J connectivity index is 1.48. The van der Waals surface area contributed by atoms with Crippen LogP contribution in [0.4, 0.5) is 4.79 Å². The first-order chi connectivity index (χ1) is 19.2. The molecule has 2 amide bonds. The van der Waals surface area contributed by atoms with Gasteiger partial charge >= 0.3 is 6.09 Å². The van der Waals surface area contributed by atoms with E-state index in [9.17, 15) is 14.7 Å². The van der Waals surface area contributed by atoms with Gasteiger partial charge in [0.15, 0.2) is 5.60 Å². The van der Waals surface area contributed by atoms with Crippen molar-refractivity contribution in [3.8, 4) is 11.1 Å². The molecule has 0 radical (unpaired) electrons. The molecule has 7 heteroatoms. The van der Waals surface area contributed by atoms with Gasteiger partial charge in [0, 0.05) is 6.20 Å². The number of aromatic nitrogens is 1. The van der Waals surface area contributed by atoms with Crippen LogP contribution in [0.25, 0.3) is 11.1 Å². The van der Waals surface area contributed by atoms with E-state index >= 15 is 0 Å². The predicted molar refractivity (Wildman–Crippen MR) is 151 cm³/mol. The second-order valence-electron chi connectivity index (χ2n) is 10.6. The molecular weight excluding hydrogens is 504 g/mol. The average molecular weight is 537 g/mol. The molecule has 1 aliphatic heterocycles. The highest BCUT2D eigenvalue weighted by molar-refractivity contribution is 5.99. The van der Waals surface area contributed by atoms with Crippen LogP contribution in [0.2, 0.25) is 0 Å². The van der Waals surface area contributed by atoms with Crippen LogP contribution < -0.4 is 0 Å². The summed E-state index contributed by atoms with van der Waals surface area (Å²) in [4.78, 5) is 32.9. The standard InChI is InChI=1S/C33H32N2O5/c1-32(2)28(26-14-8-5-9-15-26)35(31(38)40-32)30(37)33(3,29(36)27-16-10-11-21-34-27)39-22-23-17-19-25(20-18-23)24-12-6-4-7-13-24/h4-21,28-29,36H,22H2,1-3H3/t28-,29-,33-/m0/s1. The number of aliphatic hydroxyl groups is 1. The van der Waals surface area contributed by atoms with Crippen LogP contribution in [0, 0.1) is 0 Å². The molecule has 1 saturated heterocycles. The molecule has 1 aliphatic rings. The Labute approximate surface area is 234 Å². The first kappa shape index (κ1) is 27.2. The normalized spacial score (nSPS) is 18.6. The summed E-state index contributed by atoms with van der Waals surface area (Å²) in [6.45, 7) is 5.03. The number of rotatable bonds is 8. The molecule has 0 saturated carbocycles. The summed E-state index contributed by atoms with van der Waals surface area (Å²) < 4.78 is 11.9. The lowest BCUT2D eigenvalue weighted by Crippen LogP contribution is -2.54. The molecule has 4 aromatic rings. The topological polar surface area (TPSA) is 89.0 Å². The molecule has 0 aliphatic carbocycles. The second kappa shape index (κ2) is 11.0. The van der Waals surface area contributed by atoms with E-state index < -0.39 is 35.3 Å². The van der Waals surface area contributed by atoms with Crippen molar-refractivity contribution in [1.29, 1.82) is 0 Å². The maximum Gasteiger partial charge on any atom is 0.417 e. The van der Waals surface area contributed by atoms with Gasteiger partial charge in [-0.05, 0) is 55.2 Å². The Bertz CT molecular complexity index is 1460. The van der Waals surface area contributed by atoms with Crippen LogP contribution in [0.5, 0.6) is 0 Å². The van der Waals surface area contributed by atoms with Crippen LogP contribution in [0.1, 0.15) is 49.7 Å². The molecule has 5 rings (SSSR count). The van der Waals surface area contributed by atoms with Gasteiger partial charge in [-0.1, -0.05) is 91.0 Å². The Kier molecular flexibility index (Phi) is 7.52. The fourth-order valence-electron chi connectivity index (χ4n) is 5.11. The number of cyclic esters (lactones) is 1. The van der Waals surface area contributed by atoms with E-state index in [1.54, 1.807) is 32.0 Å². The molecule has 2 heterocycles. The lowest BCUT2D eigenvalue weighted by molar-refractivity contribution is -0.175. The number of nitrogens with zero attached hydrogens (tertiary/aromatic N) is 2. The SMILES string of the molecule is CC1(C)OC(=O)N(C(=O)[C@@](C)(OCc2ccc(-c3ccccc3)cc2)[C@@H](O)c2ccccn2)[C@H]1c1ccccc1. The molecule has 40 heavy (non-hydrogen) atoms. The number of amides is 2. The number of carbonyl (C=O) groups is 2. The number of benzene rings is 3. The van der Waals surface area contributed by atoms with Crippen molar-refractivity contribution < 1.29 is 24.2 Å². The number of ether oxygens (including phenoxy) is 2. The van der Waals surface area contributed by atoms with Gasteiger partial charge in [-0.15, -0.1) is 0 Å². The number of carbonyl (C=O) groups excluding carboxylic acids is 2. The van der Waals surface area contributed by atoms with Crippen LogP contribution in [-0.2, 0) is 20.9 Å². The summed E-state index contributed by atoms with van der Waals surface area (Å²) >= 11 is 0. The number of hydrogen-bond donors (Lipinski definition) is 1. The highest BCUT2D eigenvalue weighted by Crippen LogP contribution is 2.44. The highest BCUT2D eigenvalue weighted by Gasteiger charge is 2.57. The number of hydrogen-bond acceptors (Lipinski definition) is 6. The second-order valence-corrected chi connectivity index (χ2v) is 10.6. The van der Waals surface area contributed by atoms with E-state index in [2.05, 4.69) is 4.98 Å². The van der Waals surface area contributed by atoms with Crippen molar-refractivity contribution in [2.75, 3.05) is 0 Å². The van der Waals surface area contributed by atoms with Gasteiger partial charge in [0.05, 0.1) is 12.3 Å². The first-order valence-electron chi connectivity index (χ1n) is 13.2. The molecular formula is C33H32N2O5. The monoisotopic (exact) mass is 536 g/mol. The number of pyridine rings is 1. The van der Waals surface area contributed by atoms with Crippen molar-refractivity contribution in [1.82, 2.24) is 9.88 Å². The van der Waals surface area contributed by atoms with E-state index in [-0.39, 0.29) is 12.3 Å². The van der Waals surface area contributed by atoms with E-state index in [1.165, 1.54) is 13.1 Å². The summed E-state index contributed by atoms with van der Waals surface area (Å²) in [7, 11) is 0. The van der Waals surface area contributed by atoms with Gasteiger partial charge in [-0.2, -0.15) is 0 Å². The van der Waals surface area contributed by atoms with Crippen molar-refractivity contribution >= 4 is 12.0 Å². The molecule has 204 valence electrons. The predicted octanol–water partition coefficient (Wildman–Crippen LogP) is 6.26. The summed E-state index contributed by atoms with van der Waals surface area (Å²) in [5.41, 5.74) is 1.05. The third-order valence-corrected chi connectivity index (χ3v) is 7.31. The summed E-state index contributed by atoms with van der Waals surface area (Å²) in [5, 5.41) is 11.5. The Hall–Kier alpha value is -4.33. The van der Waals surface area contributed by atoms with Gasteiger partial charge in [0.1, 0.15) is 17.7 Å². The lowest BCUT2D eigenvalue weighted by Gasteiger charge is -2.37. The zero-order chi connectivity index (χ0) is 28.3. The lowest BCUT2D eigenvalue weighted by atomic mass is 9.88. The van der Waals surface area contributed by atoms with Crippen LogP contribution in [-0.4, -0.2) is 38.2 Å². The highest BCUT2D eigenvalue weighted by atomic mass is 16.6. The maximum absolute atomic E-state index is 14.3. The van der Waals surface area contributed by atoms with Gasteiger partial charge in [0.25, 0.3) is 5.91 Å². The minimum Gasteiger partial charge on any atom is -0.440 e. The third-order valence-electron chi connectivity index (χ3n) is 7.31.